The molecule has 0 aromatic carbocycles. The van der Waals surface area contributed by atoms with Crippen molar-refractivity contribution in [2.45, 2.75) is 38.4 Å². The van der Waals surface area contributed by atoms with Gasteiger partial charge in [-0.15, -0.1) is 0 Å². The van der Waals surface area contributed by atoms with Crippen molar-refractivity contribution in [1.29, 1.82) is 0 Å². The quantitative estimate of drug-likeness (QED) is 0.904. The molecule has 1 aromatic heterocycles. The summed E-state index contributed by atoms with van der Waals surface area (Å²) in [6.07, 6.45) is 2.17. The number of halogens is 1. The summed E-state index contributed by atoms with van der Waals surface area (Å²) in [5.41, 5.74) is -1.62. The number of rotatable bonds is 4. The van der Waals surface area contributed by atoms with Gasteiger partial charge in [-0.25, -0.2) is 4.79 Å². The lowest BCUT2D eigenvalue weighted by Gasteiger charge is -2.48. The number of likely N-dealkylation sites (tertiary alicyclic amines) is 1. The first-order valence-electron chi connectivity index (χ1n) is 7.08. The molecule has 1 aliphatic heterocycles. The summed E-state index contributed by atoms with van der Waals surface area (Å²) in [6, 6.07) is 1.55. The average Bonchev–Trinajstić information content (AvgIpc) is 2.32. The molecular formula is C15H19ClN2O5. The van der Waals surface area contributed by atoms with Crippen LogP contribution in [0.5, 0.6) is 5.75 Å². The highest BCUT2D eigenvalue weighted by Gasteiger charge is 2.50. The van der Waals surface area contributed by atoms with Gasteiger partial charge < -0.3 is 14.6 Å². The van der Waals surface area contributed by atoms with Gasteiger partial charge in [0, 0.05) is 12.3 Å². The van der Waals surface area contributed by atoms with E-state index in [0.717, 1.165) is 0 Å². The molecule has 1 aromatic rings. The minimum Gasteiger partial charge on any atom is -0.481 e. The fraction of sp³-hybridized carbons (Fsp3) is 0.533. The lowest BCUT2D eigenvalue weighted by Crippen LogP contribution is -2.67. The van der Waals surface area contributed by atoms with Crippen LogP contribution in [0, 0.1) is 0 Å². The zero-order chi connectivity index (χ0) is 17.3. The largest absolute Gasteiger partial charge is 0.481 e. The number of amides is 1. The van der Waals surface area contributed by atoms with Crippen molar-refractivity contribution >= 4 is 23.7 Å². The molecule has 2 heterocycles. The van der Waals surface area contributed by atoms with Gasteiger partial charge in [-0.3, -0.25) is 14.7 Å². The van der Waals surface area contributed by atoms with Gasteiger partial charge in [0.25, 0.3) is 0 Å². The molecule has 0 saturated carbocycles. The maximum Gasteiger partial charge on any atom is 0.410 e. The molecular weight excluding hydrogens is 324 g/mol. The first-order valence-corrected chi connectivity index (χ1v) is 7.46. The van der Waals surface area contributed by atoms with Crippen LogP contribution in [-0.4, -0.2) is 51.3 Å². The van der Waals surface area contributed by atoms with Crippen LogP contribution < -0.4 is 4.74 Å². The first kappa shape index (κ1) is 17.3. The Morgan fingerprint density at radius 1 is 1.39 bits per heavy atom. The number of hydrogen-bond acceptors (Lipinski definition) is 5. The minimum absolute atomic E-state index is 0.126. The van der Waals surface area contributed by atoms with Gasteiger partial charge in [-0.2, -0.15) is 0 Å². The summed E-state index contributed by atoms with van der Waals surface area (Å²) in [5.74, 6) is -0.647. The highest BCUT2D eigenvalue weighted by atomic mass is 35.5. The zero-order valence-corrected chi connectivity index (χ0v) is 14.0. The van der Waals surface area contributed by atoms with E-state index in [1.54, 1.807) is 26.8 Å². The third-order valence-corrected chi connectivity index (χ3v) is 3.30. The highest BCUT2D eigenvalue weighted by Crippen LogP contribution is 2.32. The third kappa shape index (κ3) is 4.72. The SMILES string of the molecule is CC(C)(C)OC(=O)N1CC(CC(=O)O)(Oc2cncc(Cl)c2)C1. The summed E-state index contributed by atoms with van der Waals surface area (Å²) >= 11 is 5.85. The number of ether oxygens (including phenoxy) is 2. The number of carboxylic acids is 1. The van der Waals surface area contributed by atoms with Gasteiger partial charge in [0.15, 0.2) is 5.60 Å². The molecule has 0 unspecified atom stereocenters. The van der Waals surface area contributed by atoms with Crippen LogP contribution >= 0.6 is 11.6 Å². The second kappa shape index (κ2) is 6.23. The Balaban J connectivity index is 2.06. The second-order valence-electron chi connectivity index (χ2n) is 6.53. The summed E-state index contributed by atoms with van der Waals surface area (Å²) in [7, 11) is 0. The van der Waals surface area contributed by atoms with Crippen molar-refractivity contribution in [2.24, 2.45) is 0 Å². The van der Waals surface area contributed by atoms with Crippen molar-refractivity contribution in [2.75, 3.05) is 13.1 Å². The molecule has 8 heteroatoms. The Kier molecular flexibility index (Phi) is 4.70. The number of nitrogens with zero attached hydrogens (tertiary/aromatic N) is 2. The summed E-state index contributed by atoms with van der Waals surface area (Å²) in [6.45, 7) is 5.55. The van der Waals surface area contributed by atoms with Crippen LogP contribution in [0.1, 0.15) is 27.2 Å². The standard InChI is InChI=1S/C15H19ClN2O5/c1-14(2,3)23-13(21)18-8-15(9-18,5-12(19)20)22-11-4-10(16)6-17-7-11/h4,6-7H,5,8-9H2,1-3H3,(H,19,20). The Morgan fingerprint density at radius 3 is 2.57 bits per heavy atom. The lowest BCUT2D eigenvalue weighted by molar-refractivity contribution is -0.149. The van der Waals surface area contributed by atoms with E-state index >= 15 is 0 Å². The van der Waals surface area contributed by atoms with Crippen LogP contribution in [0.2, 0.25) is 5.02 Å². The van der Waals surface area contributed by atoms with Crippen LogP contribution in [-0.2, 0) is 9.53 Å². The fourth-order valence-corrected chi connectivity index (χ4v) is 2.46. The van der Waals surface area contributed by atoms with Crippen molar-refractivity contribution in [3.8, 4) is 5.75 Å². The van der Waals surface area contributed by atoms with Crippen LogP contribution in [0.15, 0.2) is 18.5 Å². The molecule has 0 bridgehead atoms. The van der Waals surface area contributed by atoms with Crippen LogP contribution in [0.3, 0.4) is 0 Å². The monoisotopic (exact) mass is 342 g/mol. The third-order valence-electron chi connectivity index (χ3n) is 3.10. The van der Waals surface area contributed by atoms with Gasteiger partial charge in [-0.1, -0.05) is 11.6 Å². The predicted molar refractivity (Wildman–Crippen MR) is 82.7 cm³/mol. The Morgan fingerprint density at radius 2 is 2.04 bits per heavy atom. The summed E-state index contributed by atoms with van der Waals surface area (Å²) < 4.78 is 11.0. The fourth-order valence-electron chi connectivity index (χ4n) is 2.29. The lowest BCUT2D eigenvalue weighted by atomic mass is 9.90. The molecule has 0 radical (unpaired) electrons. The molecule has 23 heavy (non-hydrogen) atoms. The number of hydrogen-bond donors (Lipinski definition) is 1. The van der Waals surface area contributed by atoms with E-state index in [1.807, 2.05) is 0 Å². The molecule has 0 spiro atoms. The molecule has 1 saturated heterocycles. The maximum absolute atomic E-state index is 12.0. The van der Waals surface area contributed by atoms with Crippen molar-refractivity contribution in [1.82, 2.24) is 9.88 Å². The molecule has 7 nitrogen and oxygen atoms in total. The molecule has 1 aliphatic rings. The Labute approximate surface area is 139 Å². The number of carbonyl (C=O) groups excluding carboxylic acids is 1. The van der Waals surface area contributed by atoms with Crippen molar-refractivity contribution in [3.63, 3.8) is 0 Å². The van der Waals surface area contributed by atoms with Crippen LogP contribution in [0.25, 0.3) is 0 Å². The molecule has 1 N–H and O–H groups in total. The predicted octanol–water partition coefficient (Wildman–Crippen LogP) is 2.58. The second-order valence-corrected chi connectivity index (χ2v) is 6.97. The maximum atomic E-state index is 12.0. The van der Waals surface area contributed by atoms with Gasteiger partial charge in [0.05, 0.1) is 30.7 Å². The number of aromatic nitrogens is 1. The van der Waals surface area contributed by atoms with Gasteiger partial charge in [0.2, 0.25) is 0 Å². The summed E-state index contributed by atoms with van der Waals surface area (Å²) in [4.78, 5) is 28.4. The molecule has 0 aliphatic carbocycles. The van der Waals surface area contributed by atoms with Gasteiger partial charge in [0.1, 0.15) is 11.4 Å². The highest BCUT2D eigenvalue weighted by molar-refractivity contribution is 6.30. The van der Waals surface area contributed by atoms with E-state index < -0.39 is 23.3 Å². The summed E-state index contributed by atoms with van der Waals surface area (Å²) in [5, 5.41) is 9.49. The number of aliphatic carboxylic acids is 1. The molecule has 0 atom stereocenters. The van der Waals surface area contributed by atoms with E-state index in [4.69, 9.17) is 26.2 Å². The van der Waals surface area contributed by atoms with E-state index in [-0.39, 0.29) is 19.5 Å². The number of pyridine rings is 1. The smallest absolute Gasteiger partial charge is 0.410 e. The molecule has 1 amide bonds. The zero-order valence-electron chi connectivity index (χ0n) is 13.2. The molecule has 126 valence electrons. The van der Waals surface area contributed by atoms with Gasteiger partial charge in [-0.05, 0) is 20.8 Å². The number of carboxylic acid groups (broad SMARTS) is 1. The topological polar surface area (TPSA) is 89.0 Å². The van der Waals surface area contributed by atoms with Crippen molar-refractivity contribution in [3.05, 3.63) is 23.5 Å². The van der Waals surface area contributed by atoms with E-state index in [1.165, 1.54) is 17.3 Å². The van der Waals surface area contributed by atoms with Gasteiger partial charge >= 0.3 is 12.1 Å². The normalized spacial score (nSPS) is 16.4. The van der Waals surface area contributed by atoms with E-state index in [2.05, 4.69) is 4.98 Å². The minimum atomic E-state index is -1.01. The van der Waals surface area contributed by atoms with Crippen molar-refractivity contribution < 1.29 is 24.2 Å². The molecule has 2 rings (SSSR count). The Hall–Kier alpha value is -2.02. The number of carbonyl (C=O) groups is 2. The Bertz CT molecular complexity index is 608. The first-order chi connectivity index (χ1) is 10.6. The average molecular weight is 343 g/mol. The van der Waals surface area contributed by atoms with E-state index in [0.29, 0.717) is 10.8 Å². The molecule has 1 fully saturated rings. The van der Waals surface area contributed by atoms with Crippen LogP contribution in [0.4, 0.5) is 4.79 Å². The van der Waals surface area contributed by atoms with E-state index in [9.17, 15) is 9.59 Å².